The van der Waals surface area contributed by atoms with Crippen LogP contribution in [0.15, 0.2) is 18.2 Å². The first-order valence-corrected chi connectivity index (χ1v) is 7.92. The maximum Gasteiger partial charge on any atom is 0.121 e. The lowest BCUT2D eigenvalue weighted by Gasteiger charge is -2.36. The zero-order valence-electron chi connectivity index (χ0n) is 12.0. The number of hydrogen-bond acceptors (Lipinski definition) is 3. The minimum Gasteiger partial charge on any atom is -0.508 e. The van der Waals surface area contributed by atoms with Crippen molar-refractivity contribution < 1.29 is 5.11 Å². The molecule has 0 aliphatic carbocycles. The summed E-state index contributed by atoms with van der Waals surface area (Å²) in [5.41, 5.74) is 0.810. The molecular formula is C16H23ClN2O. The highest BCUT2D eigenvalue weighted by atomic mass is 35.5. The van der Waals surface area contributed by atoms with Gasteiger partial charge in [-0.1, -0.05) is 17.7 Å². The average Bonchev–Trinajstić information content (AvgIpc) is 2.64. The van der Waals surface area contributed by atoms with Gasteiger partial charge in [0.2, 0.25) is 0 Å². The van der Waals surface area contributed by atoms with Crippen molar-refractivity contribution in [3.8, 4) is 5.75 Å². The van der Waals surface area contributed by atoms with Gasteiger partial charge >= 0.3 is 0 Å². The Morgan fingerprint density at radius 3 is 2.65 bits per heavy atom. The van der Waals surface area contributed by atoms with Gasteiger partial charge < -0.3 is 15.3 Å². The van der Waals surface area contributed by atoms with Gasteiger partial charge in [0.25, 0.3) is 0 Å². The molecule has 2 aliphatic rings. The van der Waals surface area contributed by atoms with E-state index in [2.05, 4.69) is 17.3 Å². The Morgan fingerprint density at radius 1 is 1.30 bits per heavy atom. The smallest absolute Gasteiger partial charge is 0.121 e. The van der Waals surface area contributed by atoms with Crippen LogP contribution in [0.25, 0.3) is 0 Å². The van der Waals surface area contributed by atoms with Crippen LogP contribution in [0.4, 0.5) is 0 Å². The molecule has 2 saturated heterocycles. The SMILES string of the molecule is CN1C2CCC1CC(CNCc1c(O)cccc1Cl)C2. The normalized spacial score (nSPS) is 29.8. The van der Waals surface area contributed by atoms with E-state index in [9.17, 15) is 5.11 Å². The summed E-state index contributed by atoms with van der Waals surface area (Å²) in [4.78, 5) is 2.57. The number of hydrogen-bond donors (Lipinski definition) is 2. The van der Waals surface area contributed by atoms with Gasteiger partial charge in [0, 0.05) is 29.2 Å². The van der Waals surface area contributed by atoms with Crippen molar-refractivity contribution >= 4 is 11.6 Å². The second-order valence-corrected chi connectivity index (χ2v) is 6.66. The molecule has 1 aromatic rings. The van der Waals surface area contributed by atoms with Gasteiger partial charge in [-0.2, -0.15) is 0 Å². The summed E-state index contributed by atoms with van der Waals surface area (Å²) >= 11 is 6.12. The zero-order chi connectivity index (χ0) is 14.1. The first-order valence-electron chi connectivity index (χ1n) is 7.54. The third-order valence-corrected chi connectivity index (χ3v) is 5.38. The maximum atomic E-state index is 9.83. The Hall–Kier alpha value is -0.770. The molecule has 0 amide bonds. The highest BCUT2D eigenvalue weighted by Crippen LogP contribution is 2.37. The van der Waals surface area contributed by atoms with E-state index in [1.54, 1.807) is 12.1 Å². The van der Waals surface area contributed by atoms with Crippen LogP contribution >= 0.6 is 11.6 Å². The van der Waals surface area contributed by atoms with E-state index in [1.165, 1.54) is 25.7 Å². The van der Waals surface area contributed by atoms with Crippen LogP contribution in [0.2, 0.25) is 5.02 Å². The highest BCUT2D eigenvalue weighted by Gasteiger charge is 2.37. The van der Waals surface area contributed by atoms with E-state index in [0.717, 1.165) is 30.1 Å². The van der Waals surface area contributed by atoms with Crippen LogP contribution in [0, 0.1) is 5.92 Å². The van der Waals surface area contributed by atoms with Crippen LogP contribution in [0.5, 0.6) is 5.75 Å². The lowest BCUT2D eigenvalue weighted by molar-refractivity contribution is 0.133. The molecule has 1 aromatic carbocycles. The Morgan fingerprint density at radius 2 is 2.00 bits per heavy atom. The maximum absolute atomic E-state index is 9.83. The molecule has 0 radical (unpaired) electrons. The van der Waals surface area contributed by atoms with Crippen molar-refractivity contribution in [2.75, 3.05) is 13.6 Å². The standard InChI is InChI=1S/C16H23ClN2O/c1-19-12-5-6-13(19)8-11(7-12)9-18-10-14-15(17)3-2-4-16(14)20/h2-4,11-13,18,20H,5-10H2,1H3. The molecular weight excluding hydrogens is 272 g/mol. The van der Waals surface area contributed by atoms with Crippen LogP contribution in [0.1, 0.15) is 31.2 Å². The summed E-state index contributed by atoms with van der Waals surface area (Å²) in [5.74, 6) is 1.04. The monoisotopic (exact) mass is 294 g/mol. The van der Waals surface area contributed by atoms with E-state index in [-0.39, 0.29) is 5.75 Å². The summed E-state index contributed by atoms with van der Waals surface area (Å²) in [6.07, 6.45) is 5.33. The van der Waals surface area contributed by atoms with Gasteiger partial charge in [0.15, 0.2) is 0 Å². The number of phenols is 1. The van der Waals surface area contributed by atoms with E-state index in [0.29, 0.717) is 11.6 Å². The zero-order valence-corrected chi connectivity index (χ0v) is 12.7. The number of halogens is 1. The first-order chi connectivity index (χ1) is 9.65. The molecule has 110 valence electrons. The predicted molar refractivity (Wildman–Crippen MR) is 82.1 cm³/mol. The minimum atomic E-state index is 0.286. The first kappa shape index (κ1) is 14.2. The molecule has 2 N–H and O–H groups in total. The lowest BCUT2D eigenvalue weighted by atomic mass is 9.91. The van der Waals surface area contributed by atoms with E-state index < -0.39 is 0 Å². The summed E-state index contributed by atoms with van der Waals surface area (Å²) in [6.45, 7) is 1.67. The van der Waals surface area contributed by atoms with Gasteiger partial charge in [-0.15, -0.1) is 0 Å². The Kier molecular flexibility index (Phi) is 4.20. The van der Waals surface area contributed by atoms with Crippen molar-refractivity contribution in [1.82, 2.24) is 10.2 Å². The molecule has 3 nitrogen and oxygen atoms in total. The summed E-state index contributed by atoms with van der Waals surface area (Å²) in [6, 6.07) is 6.87. The van der Waals surface area contributed by atoms with Gasteiger partial charge in [-0.25, -0.2) is 0 Å². The number of nitrogens with one attached hydrogen (secondary N) is 1. The van der Waals surface area contributed by atoms with Gasteiger partial charge in [-0.05, 0) is 57.3 Å². The highest BCUT2D eigenvalue weighted by molar-refractivity contribution is 6.31. The molecule has 20 heavy (non-hydrogen) atoms. The van der Waals surface area contributed by atoms with E-state index in [4.69, 9.17) is 11.6 Å². The van der Waals surface area contributed by atoms with Crippen molar-refractivity contribution in [1.29, 1.82) is 0 Å². The van der Waals surface area contributed by atoms with Crippen LogP contribution in [0.3, 0.4) is 0 Å². The molecule has 2 fully saturated rings. The van der Waals surface area contributed by atoms with Crippen molar-refractivity contribution in [3.63, 3.8) is 0 Å². The minimum absolute atomic E-state index is 0.286. The Labute approximate surface area is 125 Å². The largest absolute Gasteiger partial charge is 0.508 e. The van der Waals surface area contributed by atoms with Crippen molar-refractivity contribution in [2.24, 2.45) is 5.92 Å². The molecule has 2 aliphatic heterocycles. The number of aromatic hydroxyl groups is 1. The van der Waals surface area contributed by atoms with E-state index in [1.807, 2.05) is 6.07 Å². The van der Waals surface area contributed by atoms with Crippen LogP contribution in [-0.4, -0.2) is 35.7 Å². The van der Waals surface area contributed by atoms with E-state index >= 15 is 0 Å². The molecule has 0 spiro atoms. The van der Waals surface area contributed by atoms with Crippen molar-refractivity contribution in [3.05, 3.63) is 28.8 Å². The molecule has 3 rings (SSSR count). The molecule has 0 saturated carbocycles. The van der Waals surface area contributed by atoms with Gasteiger partial charge in [-0.3, -0.25) is 0 Å². The fraction of sp³-hybridized carbons (Fsp3) is 0.625. The lowest BCUT2D eigenvalue weighted by Crippen LogP contribution is -2.42. The van der Waals surface area contributed by atoms with Gasteiger partial charge in [0.05, 0.1) is 0 Å². The van der Waals surface area contributed by atoms with Gasteiger partial charge in [0.1, 0.15) is 5.75 Å². The Bertz CT molecular complexity index is 445. The molecule has 0 aromatic heterocycles. The number of rotatable bonds is 4. The molecule has 2 unspecified atom stereocenters. The average molecular weight is 295 g/mol. The number of phenolic OH excluding ortho intramolecular Hbond substituents is 1. The third kappa shape index (κ3) is 2.80. The molecule has 2 heterocycles. The molecule has 2 atom stereocenters. The van der Waals surface area contributed by atoms with Crippen LogP contribution in [-0.2, 0) is 6.54 Å². The topological polar surface area (TPSA) is 35.5 Å². The van der Waals surface area contributed by atoms with Crippen molar-refractivity contribution in [2.45, 2.75) is 44.3 Å². The number of nitrogens with zero attached hydrogens (tertiary/aromatic N) is 1. The van der Waals surface area contributed by atoms with Crippen LogP contribution < -0.4 is 5.32 Å². The number of piperidine rings is 1. The summed E-state index contributed by atoms with van der Waals surface area (Å²) < 4.78 is 0. The number of benzene rings is 1. The second-order valence-electron chi connectivity index (χ2n) is 6.26. The molecule has 4 heteroatoms. The fourth-order valence-electron chi connectivity index (χ4n) is 3.81. The Balaban J connectivity index is 1.51. The third-order valence-electron chi connectivity index (χ3n) is 5.02. The fourth-order valence-corrected chi connectivity index (χ4v) is 4.05. The summed E-state index contributed by atoms with van der Waals surface area (Å²) in [5, 5.41) is 13.9. The number of fused-ring (bicyclic) bond motifs is 2. The summed E-state index contributed by atoms with van der Waals surface area (Å²) in [7, 11) is 2.27. The molecule has 2 bridgehead atoms. The quantitative estimate of drug-likeness (QED) is 0.896. The predicted octanol–water partition coefficient (Wildman–Crippen LogP) is 3.01. The second kappa shape index (κ2) is 5.92.